The highest BCUT2D eigenvalue weighted by Gasteiger charge is 2.35. The molecule has 4 atom stereocenters. The van der Waals surface area contributed by atoms with E-state index >= 15 is 0 Å². The summed E-state index contributed by atoms with van der Waals surface area (Å²) in [7, 11) is -3.46. The van der Waals surface area contributed by atoms with E-state index < -0.39 is 15.9 Å². The Morgan fingerprint density at radius 2 is 1.65 bits per heavy atom. The van der Waals surface area contributed by atoms with Crippen molar-refractivity contribution in [1.82, 2.24) is 0 Å². The maximum Gasteiger partial charge on any atom is 0.202 e. The fourth-order valence-corrected chi connectivity index (χ4v) is 4.60. The summed E-state index contributed by atoms with van der Waals surface area (Å²) in [5, 5.41) is 10.1. The summed E-state index contributed by atoms with van der Waals surface area (Å²) in [5.74, 6) is 0.120. The lowest BCUT2D eigenvalue weighted by atomic mass is 9.83. The Hall–Kier alpha value is -1.13. The molecular formula is C16H22O3S. The number of aliphatic hydroxyl groups is 1. The van der Waals surface area contributed by atoms with Gasteiger partial charge in [-0.15, -0.1) is 0 Å². The van der Waals surface area contributed by atoms with Gasteiger partial charge in [0.25, 0.3) is 0 Å². The minimum absolute atomic E-state index is 0.0877. The first-order valence-corrected chi connectivity index (χ1v) is 8.52. The van der Waals surface area contributed by atoms with E-state index in [1.54, 1.807) is 36.4 Å². The molecule has 1 N–H and O–H groups in total. The smallest absolute Gasteiger partial charge is 0.202 e. The largest absolute Gasteiger partial charge is 0.393 e. The van der Waals surface area contributed by atoms with Crippen molar-refractivity contribution in [3.05, 3.63) is 41.3 Å². The average Bonchev–Trinajstić information content (AvgIpc) is 2.54. The molecule has 0 unspecified atom stereocenters. The van der Waals surface area contributed by atoms with Gasteiger partial charge < -0.3 is 5.11 Å². The van der Waals surface area contributed by atoms with Crippen LogP contribution in [0.3, 0.4) is 0 Å². The van der Waals surface area contributed by atoms with Crippen LogP contribution in [0.25, 0.3) is 0 Å². The van der Waals surface area contributed by atoms with Crippen LogP contribution in [-0.2, 0) is 9.84 Å². The van der Waals surface area contributed by atoms with E-state index in [2.05, 4.69) is 0 Å². The number of hydrogen-bond donors (Lipinski definition) is 1. The van der Waals surface area contributed by atoms with Crippen LogP contribution < -0.4 is 0 Å². The minimum atomic E-state index is -3.46. The summed E-state index contributed by atoms with van der Waals surface area (Å²) in [6.45, 7) is 5.93. The van der Waals surface area contributed by atoms with Gasteiger partial charge in [-0.3, -0.25) is 0 Å². The van der Waals surface area contributed by atoms with Gasteiger partial charge in [0.2, 0.25) is 9.84 Å². The van der Waals surface area contributed by atoms with Gasteiger partial charge in [-0.25, -0.2) is 8.42 Å². The van der Waals surface area contributed by atoms with Crippen LogP contribution >= 0.6 is 0 Å². The van der Waals surface area contributed by atoms with Gasteiger partial charge in [0.15, 0.2) is 0 Å². The van der Waals surface area contributed by atoms with Gasteiger partial charge in [0.1, 0.15) is 0 Å². The van der Waals surface area contributed by atoms with Crippen LogP contribution in [-0.4, -0.2) is 19.6 Å². The minimum Gasteiger partial charge on any atom is -0.393 e. The highest BCUT2D eigenvalue weighted by Crippen LogP contribution is 2.37. The van der Waals surface area contributed by atoms with Crippen molar-refractivity contribution in [2.75, 3.05) is 0 Å². The molecule has 0 spiro atoms. The van der Waals surface area contributed by atoms with E-state index in [-0.39, 0.29) is 17.8 Å². The average molecular weight is 294 g/mol. The van der Waals surface area contributed by atoms with Crippen LogP contribution in [0.4, 0.5) is 0 Å². The zero-order chi connectivity index (χ0) is 14.9. The molecule has 0 heterocycles. The monoisotopic (exact) mass is 294 g/mol. The predicted octanol–water partition coefficient (Wildman–Crippen LogP) is 3.02. The normalized spacial score (nSPS) is 31.5. The van der Waals surface area contributed by atoms with Crippen molar-refractivity contribution in [2.45, 2.75) is 38.2 Å². The Morgan fingerprint density at radius 1 is 1.05 bits per heavy atom. The fourth-order valence-electron chi connectivity index (χ4n) is 2.79. The van der Waals surface area contributed by atoms with Gasteiger partial charge in [-0.1, -0.05) is 45.0 Å². The van der Waals surface area contributed by atoms with Gasteiger partial charge in [-0.2, -0.15) is 0 Å². The van der Waals surface area contributed by atoms with Crippen LogP contribution in [0.1, 0.15) is 27.2 Å². The Bertz CT molecular complexity index is 589. The molecule has 1 aromatic rings. The van der Waals surface area contributed by atoms with Crippen LogP contribution in [0, 0.1) is 17.8 Å². The Kier molecular flexibility index (Phi) is 4.35. The van der Waals surface area contributed by atoms with Crippen molar-refractivity contribution in [3.63, 3.8) is 0 Å². The Morgan fingerprint density at radius 3 is 2.25 bits per heavy atom. The molecule has 0 aromatic heterocycles. The zero-order valence-electron chi connectivity index (χ0n) is 12.2. The van der Waals surface area contributed by atoms with E-state index in [9.17, 15) is 13.5 Å². The van der Waals surface area contributed by atoms with E-state index in [4.69, 9.17) is 0 Å². The second-order valence-corrected chi connectivity index (χ2v) is 7.68. The molecule has 0 radical (unpaired) electrons. The molecule has 0 bridgehead atoms. The van der Waals surface area contributed by atoms with Crippen molar-refractivity contribution in [3.8, 4) is 0 Å². The number of rotatable bonds is 2. The lowest BCUT2D eigenvalue weighted by Gasteiger charge is -2.27. The molecule has 20 heavy (non-hydrogen) atoms. The van der Waals surface area contributed by atoms with E-state index in [0.29, 0.717) is 16.2 Å². The number of allylic oxidation sites excluding steroid dienone is 1. The van der Waals surface area contributed by atoms with Gasteiger partial charge in [0.05, 0.1) is 11.0 Å². The quantitative estimate of drug-likeness (QED) is 0.912. The lowest BCUT2D eigenvalue weighted by molar-refractivity contribution is 0.0839. The van der Waals surface area contributed by atoms with Gasteiger partial charge >= 0.3 is 0 Å². The molecular weight excluding hydrogens is 272 g/mol. The fraction of sp³-hybridized carbons (Fsp3) is 0.500. The third kappa shape index (κ3) is 2.67. The highest BCUT2D eigenvalue weighted by atomic mass is 32.2. The molecule has 3 nitrogen and oxygen atoms in total. The Balaban J connectivity index is 2.46. The Labute approximate surface area is 121 Å². The summed E-state index contributed by atoms with van der Waals surface area (Å²) in [6, 6.07) is 8.51. The standard InChI is InChI=1S/C16H22O3S/c1-11-12(2)15(17)9-10-16(13(11)3)20(18,19)14-7-5-4-6-8-14/h4-8,10-13,15,17H,9H2,1-3H3/t11-,12+,13+,15+/m0/s1. The van der Waals surface area contributed by atoms with E-state index in [0.717, 1.165) is 0 Å². The zero-order valence-corrected chi connectivity index (χ0v) is 13.0. The maximum absolute atomic E-state index is 12.8. The molecule has 0 fully saturated rings. The number of aliphatic hydroxyl groups excluding tert-OH is 1. The predicted molar refractivity (Wildman–Crippen MR) is 79.8 cm³/mol. The van der Waals surface area contributed by atoms with Crippen LogP contribution in [0.15, 0.2) is 46.2 Å². The summed E-state index contributed by atoms with van der Waals surface area (Å²) in [4.78, 5) is 0.772. The number of benzene rings is 1. The molecule has 0 aliphatic heterocycles. The third-order valence-electron chi connectivity index (χ3n) is 4.60. The molecule has 110 valence electrons. The highest BCUT2D eigenvalue weighted by molar-refractivity contribution is 7.95. The molecule has 0 saturated heterocycles. The summed E-state index contributed by atoms with van der Waals surface area (Å²) >= 11 is 0. The maximum atomic E-state index is 12.8. The summed E-state index contributed by atoms with van der Waals surface area (Å²) < 4.78 is 25.5. The first kappa shape index (κ1) is 15.3. The molecule has 2 rings (SSSR count). The van der Waals surface area contributed by atoms with E-state index in [1.165, 1.54) is 0 Å². The molecule has 0 amide bonds. The summed E-state index contributed by atoms with van der Waals surface area (Å²) in [5.41, 5.74) is 0. The van der Waals surface area contributed by atoms with Crippen LogP contribution in [0.5, 0.6) is 0 Å². The molecule has 0 saturated carbocycles. The molecule has 1 aliphatic carbocycles. The van der Waals surface area contributed by atoms with Crippen molar-refractivity contribution < 1.29 is 13.5 Å². The number of sulfone groups is 1. The first-order chi connectivity index (χ1) is 9.35. The summed E-state index contributed by atoms with van der Waals surface area (Å²) in [6.07, 6.45) is 1.63. The SMILES string of the molecule is C[C@@H]1[C@H](C)[C@@H](C)C(S(=O)(=O)c2ccccc2)=CC[C@H]1O. The number of hydrogen-bond acceptors (Lipinski definition) is 3. The lowest BCUT2D eigenvalue weighted by Crippen LogP contribution is -2.26. The van der Waals surface area contributed by atoms with Gasteiger partial charge in [-0.05, 0) is 36.3 Å². The molecule has 1 aliphatic rings. The van der Waals surface area contributed by atoms with Gasteiger partial charge in [0, 0.05) is 4.91 Å². The molecule has 1 aromatic carbocycles. The second-order valence-electron chi connectivity index (χ2n) is 5.73. The van der Waals surface area contributed by atoms with Crippen molar-refractivity contribution >= 4 is 9.84 Å². The van der Waals surface area contributed by atoms with E-state index in [1.807, 2.05) is 20.8 Å². The first-order valence-electron chi connectivity index (χ1n) is 7.04. The second kappa shape index (κ2) is 5.70. The van der Waals surface area contributed by atoms with Crippen LogP contribution in [0.2, 0.25) is 0 Å². The van der Waals surface area contributed by atoms with Crippen molar-refractivity contribution in [1.29, 1.82) is 0 Å². The third-order valence-corrected chi connectivity index (χ3v) is 6.65. The topological polar surface area (TPSA) is 54.4 Å². The molecule has 4 heteroatoms. The van der Waals surface area contributed by atoms with Crippen molar-refractivity contribution in [2.24, 2.45) is 17.8 Å².